The standard InChI is InChI=1S/C23H32N2O4S/c1-4-6-11-19(5-2)17-24-23(26)18-25(20-12-10-13-21(16-20)29-3)30(27,28)22-14-8-7-9-15-22/h7-10,12-16,19H,4-6,11,17-18H2,1-3H3,(H,24,26)/t19-/m0/s1. The van der Waals surface area contributed by atoms with Gasteiger partial charge in [0.15, 0.2) is 0 Å². The molecule has 0 aliphatic heterocycles. The molecular weight excluding hydrogens is 400 g/mol. The molecule has 164 valence electrons. The van der Waals surface area contributed by atoms with Crippen molar-refractivity contribution in [1.29, 1.82) is 0 Å². The van der Waals surface area contributed by atoms with Crippen molar-refractivity contribution in [2.75, 3.05) is 24.5 Å². The van der Waals surface area contributed by atoms with Gasteiger partial charge >= 0.3 is 0 Å². The molecule has 2 aromatic rings. The minimum absolute atomic E-state index is 0.134. The van der Waals surface area contributed by atoms with E-state index in [1.807, 2.05) is 0 Å². The summed E-state index contributed by atoms with van der Waals surface area (Å²) in [5.41, 5.74) is 0.381. The molecule has 0 bridgehead atoms. The zero-order chi connectivity index (χ0) is 22.0. The molecule has 2 aromatic carbocycles. The third-order valence-corrected chi connectivity index (χ3v) is 6.88. The average Bonchev–Trinajstić information content (AvgIpc) is 2.78. The van der Waals surface area contributed by atoms with Gasteiger partial charge in [-0.3, -0.25) is 9.10 Å². The van der Waals surface area contributed by atoms with Gasteiger partial charge in [0, 0.05) is 12.6 Å². The summed E-state index contributed by atoms with van der Waals surface area (Å²) in [6, 6.07) is 14.8. The molecule has 1 amide bonds. The summed E-state index contributed by atoms with van der Waals surface area (Å²) < 4.78 is 33.0. The van der Waals surface area contributed by atoms with Crippen LogP contribution in [0.5, 0.6) is 5.75 Å². The van der Waals surface area contributed by atoms with E-state index in [1.165, 1.54) is 19.2 Å². The molecule has 0 spiro atoms. The highest BCUT2D eigenvalue weighted by Gasteiger charge is 2.27. The number of hydrogen-bond acceptors (Lipinski definition) is 4. The van der Waals surface area contributed by atoms with Crippen LogP contribution in [0.2, 0.25) is 0 Å². The second-order valence-corrected chi connectivity index (χ2v) is 9.11. The van der Waals surface area contributed by atoms with Crippen LogP contribution in [0.4, 0.5) is 5.69 Å². The summed E-state index contributed by atoms with van der Waals surface area (Å²) in [6.45, 7) is 4.50. The number of unbranched alkanes of at least 4 members (excludes halogenated alkanes) is 1. The highest BCUT2D eigenvalue weighted by atomic mass is 32.2. The Morgan fingerprint density at radius 2 is 1.83 bits per heavy atom. The first kappa shape index (κ1) is 23.7. The summed E-state index contributed by atoms with van der Waals surface area (Å²) in [5.74, 6) is 0.587. The van der Waals surface area contributed by atoms with E-state index >= 15 is 0 Å². The Bertz CT molecular complexity index is 900. The molecule has 6 nitrogen and oxygen atoms in total. The van der Waals surface area contributed by atoms with Crippen molar-refractivity contribution in [2.45, 2.75) is 44.4 Å². The number of benzene rings is 2. The van der Waals surface area contributed by atoms with E-state index in [-0.39, 0.29) is 17.3 Å². The number of nitrogens with zero attached hydrogens (tertiary/aromatic N) is 1. The number of anilines is 1. The van der Waals surface area contributed by atoms with Crippen LogP contribution in [0.15, 0.2) is 59.5 Å². The van der Waals surface area contributed by atoms with Crippen LogP contribution < -0.4 is 14.4 Å². The average molecular weight is 433 g/mol. The number of rotatable bonds is 12. The summed E-state index contributed by atoms with van der Waals surface area (Å²) >= 11 is 0. The van der Waals surface area contributed by atoms with Crippen molar-refractivity contribution in [3.8, 4) is 5.75 Å². The first-order valence-electron chi connectivity index (χ1n) is 10.4. The number of carbonyl (C=O) groups excluding carboxylic acids is 1. The smallest absolute Gasteiger partial charge is 0.264 e. The topological polar surface area (TPSA) is 75.7 Å². The van der Waals surface area contributed by atoms with Crippen molar-refractivity contribution in [3.63, 3.8) is 0 Å². The van der Waals surface area contributed by atoms with E-state index < -0.39 is 10.0 Å². The Labute approximate surface area is 180 Å². The van der Waals surface area contributed by atoms with Crippen LogP contribution in [0, 0.1) is 5.92 Å². The minimum atomic E-state index is -3.92. The molecule has 0 heterocycles. The Morgan fingerprint density at radius 3 is 2.47 bits per heavy atom. The highest BCUT2D eigenvalue weighted by molar-refractivity contribution is 7.92. The molecule has 0 saturated carbocycles. The maximum absolute atomic E-state index is 13.3. The van der Waals surface area contributed by atoms with E-state index in [1.54, 1.807) is 42.5 Å². The van der Waals surface area contributed by atoms with Crippen LogP contribution in [0.3, 0.4) is 0 Å². The molecule has 0 aromatic heterocycles. The lowest BCUT2D eigenvalue weighted by atomic mass is 9.99. The molecule has 7 heteroatoms. The molecular formula is C23H32N2O4S. The van der Waals surface area contributed by atoms with Crippen LogP contribution in [-0.4, -0.2) is 34.5 Å². The SMILES string of the molecule is CCCC[C@H](CC)CNC(=O)CN(c1cccc(OC)c1)S(=O)(=O)c1ccccc1. The number of ether oxygens (including phenoxy) is 1. The second kappa shape index (κ2) is 11.6. The van der Waals surface area contributed by atoms with Crippen molar-refractivity contribution < 1.29 is 17.9 Å². The Kier molecular flexibility index (Phi) is 9.17. The van der Waals surface area contributed by atoms with Crippen LogP contribution in [0.25, 0.3) is 0 Å². The lowest BCUT2D eigenvalue weighted by Gasteiger charge is -2.25. The first-order valence-corrected chi connectivity index (χ1v) is 11.8. The van der Waals surface area contributed by atoms with Gasteiger partial charge in [0.2, 0.25) is 5.91 Å². The fraction of sp³-hybridized carbons (Fsp3) is 0.435. The Hall–Kier alpha value is -2.54. The number of hydrogen-bond donors (Lipinski definition) is 1. The van der Waals surface area contributed by atoms with Crippen LogP contribution in [0.1, 0.15) is 39.5 Å². The van der Waals surface area contributed by atoms with Gasteiger partial charge in [-0.2, -0.15) is 0 Å². The molecule has 0 aliphatic carbocycles. The summed E-state index contributed by atoms with van der Waals surface area (Å²) in [7, 11) is -2.40. The zero-order valence-electron chi connectivity index (χ0n) is 18.0. The minimum Gasteiger partial charge on any atom is -0.497 e. The predicted molar refractivity (Wildman–Crippen MR) is 120 cm³/mol. The van der Waals surface area contributed by atoms with E-state index in [9.17, 15) is 13.2 Å². The number of sulfonamides is 1. The lowest BCUT2D eigenvalue weighted by Crippen LogP contribution is -2.42. The molecule has 2 rings (SSSR count). The number of nitrogens with one attached hydrogen (secondary N) is 1. The van der Waals surface area contributed by atoms with Gasteiger partial charge in [-0.25, -0.2) is 8.42 Å². The monoisotopic (exact) mass is 432 g/mol. The second-order valence-electron chi connectivity index (χ2n) is 7.25. The van der Waals surface area contributed by atoms with Gasteiger partial charge in [-0.05, 0) is 36.6 Å². The third-order valence-electron chi connectivity index (χ3n) is 5.09. The summed E-state index contributed by atoms with van der Waals surface area (Å²) in [4.78, 5) is 12.8. The van der Waals surface area contributed by atoms with Crippen LogP contribution in [-0.2, 0) is 14.8 Å². The normalized spacial score (nSPS) is 12.2. The molecule has 30 heavy (non-hydrogen) atoms. The van der Waals surface area contributed by atoms with Gasteiger partial charge in [0.1, 0.15) is 12.3 Å². The van der Waals surface area contributed by atoms with Crippen molar-refractivity contribution in [1.82, 2.24) is 5.32 Å². The van der Waals surface area contributed by atoms with E-state index in [2.05, 4.69) is 19.2 Å². The number of methoxy groups -OCH3 is 1. The number of carbonyl (C=O) groups is 1. The molecule has 1 atom stereocenters. The fourth-order valence-electron chi connectivity index (χ4n) is 3.19. The Morgan fingerprint density at radius 1 is 1.10 bits per heavy atom. The Balaban J connectivity index is 2.25. The maximum atomic E-state index is 13.3. The summed E-state index contributed by atoms with van der Waals surface area (Å²) in [5, 5.41) is 2.92. The molecule has 1 N–H and O–H groups in total. The lowest BCUT2D eigenvalue weighted by molar-refractivity contribution is -0.119. The third kappa shape index (κ3) is 6.49. The fourth-order valence-corrected chi connectivity index (χ4v) is 4.62. The van der Waals surface area contributed by atoms with Crippen molar-refractivity contribution >= 4 is 21.6 Å². The van der Waals surface area contributed by atoms with Crippen molar-refractivity contribution in [2.24, 2.45) is 5.92 Å². The molecule has 0 saturated heterocycles. The van der Waals surface area contributed by atoms with Gasteiger partial charge in [-0.15, -0.1) is 0 Å². The first-order chi connectivity index (χ1) is 14.4. The molecule has 0 unspecified atom stereocenters. The molecule has 0 aliphatic rings. The van der Waals surface area contributed by atoms with Gasteiger partial charge in [-0.1, -0.05) is 57.4 Å². The zero-order valence-corrected chi connectivity index (χ0v) is 18.8. The van der Waals surface area contributed by atoms with Gasteiger partial charge < -0.3 is 10.1 Å². The molecule has 0 radical (unpaired) electrons. The quantitative estimate of drug-likeness (QED) is 0.545. The highest BCUT2D eigenvalue weighted by Crippen LogP contribution is 2.26. The van der Waals surface area contributed by atoms with E-state index in [0.29, 0.717) is 23.9 Å². The van der Waals surface area contributed by atoms with E-state index in [0.717, 1.165) is 30.0 Å². The number of amides is 1. The van der Waals surface area contributed by atoms with Gasteiger partial charge in [0.05, 0.1) is 17.7 Å². The van der Waals surface area contributed by atoms with Crippen LogP contribution >= 0.6 is 0 Å². The summed E-state index contributed by atoms with van der Waals surface area (Å²) in [6.07, 6.45) is 4.26. The molecule has 0 fully saturated rings. The predicted octanol–water partition coefficient (Wildman–Crippen LogP) is 4.22. The van der Waals surface area contributed by atoms with E-state index in [4.69, 9.17) is 4.74 Å². The maximum Gasteiger partial charge on any atom is 0.264 e. The largest absolute Gasteiger partial charge is 0.497 e. The van der Waals surface area contributed by atoms with Gasteiger partial charge in [0.25, 0.3) is 10.0 Å². The van der Waals surface area contributed by atoms with Crippen molar-refractivity contribution in [3.05, 3.63) is 54.6 Å².